The van der Waals surface area contributed by atoms with Crippen LogP contribution in [0.3, 0.4) is 0 Å². The standard InChI is InChI=1S/C16H21NO3S/c1-2-10-21-14-8-4-3-7-13(14)15(18)17-9-5-6-12(11-17)16(19)20/h3-4,7-8,12H,2,5-6,9-11H2,1H3,(H,19,20)/t12-/m0/s1. The number of likely N-dealkylation sites (tertiary alicyclic amines) is 1. The molecule has 114 valence electrons. The van der Waals surface area contributed by atoms with E-state index in [1.54, 1.807) is 16.7 Å². The number of carboxylic acid groups (broad SMARTS) is 1. The van der Waals surface area contributed by atoms with Crippen LogP contribution in [0.5, 0.6) is 0 Å². The van der Waals surface area contributed by atoms with Crippen molar-refractivity contribution in [1.82, 2.24) is 4.90 Å². The fourth-order valence-electron chi connectivity index (χ4n) is 2.51. The van der Waals surface area contributed by atoms with Crippen molar-refractivity contribution >= 4 is 23.6 Å². The van der Waals surface area contributed by atoms with E-state index in [9.17, 15) is 9.59 Å². The number of carbonyl (C=O) groups excluding carboxylic acids is 1. The summed E-state index contributed by atoms with van der Waals surface area (Å²) in [5, 5.41) is 9.14. The van der Waals surface area contributed by atoms with Crippen LogP contribution in [0, 0.1) is 5.92 Å². The number of hydrogen-bond donors (Lipinski definition) is 1. The molecule has 0 saturated carbocycles. The third-order valence-corrected chi connectivity index (χ3v) is 4.92. The number of thioether (sulfide) groups is 1. The predicted molar refractivity (Wildman–Crippen MR) is 83.7 cm³/mol. The highest BCUT2D eigenvalue weighted by Crippen LogP contribution is 2.26. The maximum Gasteiger partial charge on any atom is 0.308 e. The average Bonchev–Trinajstić information content (AvgIpc) is 2.52. The first-order chi connectivity index (χ1) is 10.1. The summed E-state index contributed by atoms with van der Waals surface area (Å²) in [6.07, 6.45) is 2.47. The molecule has 1 aromatic carbocycles. The van der Waals surface area contributed by atoms with Gasteiger partial charge in [0.1, 0.15) is 0 Å². The SMILES string of the molecule is CCCSc1ccccc1C(=O)N1CCC[C@H](C(=O)O)C1. The van der Waals surface area contributed by atoms with Crippen LogP contribution in [0.4, 0.5) is 0 Å². The van der Waals surface area contributed by atoms with Gasteiger partial charge in [-0.1, -0.05) is 19.1 Å². The molecule has 1 atom stereocenters. The van der Waals surface area contributed by atoms with Crippen molar-refractivity contribution in [2.24, 2.45) is 5.92 Å². The van der Waals surface area contributed by atoms with E-state index >= 15 is 0 Å². The summed E-state index contributed by atoms with van der Waals surface area (Å²) in [6.45, 7) is 3.08. The van der Waals surface area contributed by atoms with Crippen molar-refractivity contribution in [2.75, 3.05) is 18.8 Å². The Hall–Kier alpha value is -1.49. The molecule has 4 nitrogen and oxygen atoms in total. The molecule has 1 fully saturated rings. The maximum atomic E-state index is 12.7. The van der Waals surface area contributed by atoms with Gasteiger partial charge in [-0.15, -0.1) is 11.8 Å². The van der Waals surface area contributed by atoms with Gasteiger partial charge < -0.3 is 10.0 Å². The summed E-state index contributed by atoms with van der Waals surface area (Å²) in [4.78, 5) is 26.5. The molecule has 21 heavy (non-hydrogen) atoms. The lowest BCUT2D eigenvalue weighted by molar-refractivity contribution is -0.143. The number of carboxylic acids is 1. The highest BCUT2D eigenvalue weighted by Gasteiger charge is 2.29. The first-order valence-corrected chi connectivity index (χ1v) is 8.36. The van der Waals surface area contributed by atoms with Crippen LogP contribution in [0.15, 0.2) is 29.2 Å². The summed E-state index contributed by atoms with van der Waals surface area (Å²) in [5.74, 6) is -0.304. The molecule has 1 N–H and O–H groups in total. The molecule has 1 aromatic rings. The zero-order chi connectivity index (χ0) is 15.2. The summed E-state index contributed by atoms with van der Waals surface area (Å²) in [6, 6.07) is 7.60. The number of benzene rings is 1. The van der Waals surface area contributed by atoms with Crippen LogP contribution in [0.2, 0.25) is 0 Å². The van der Waals surface area contributed by atoms with E-state index in [1.165, 1.54) is 0 Å². The van der Waals surface area contributed by atoms with E-state index in [2.05, 4.69) is 6.92 Å². The molecule has 0 bridgehead atoms. The minimum Gasteiger partial charge on any atom is -0.481 e. The van der Waals surface area contributed by atoms with Crippen LogP contribution >= 0.6 is 11.8 Å². The lowest BCUT2D eigenvalue weighted by Crippen LogP contribution is -2.42. The minimum absolute atomic E-state index is 0.0415. The predicted octanol–water partition coefficient (Wildman–Crippen LogP) is 3.13. The number of hydrogen-bond acceptors (Lipinski definition) is 3. The zero-order valence-corrected chi connectivity index (χ0v) is 13.1. The van der Waals surface area contributed by atoms with Gasteiger partial charge in [-0.25, -0.2) is 0 Å². The van der Waals surface area contributed by atoms with E-state index in [4.69, 9.17) is 5.11 Å². The second-order valence-corrected chi connectivity index (χ2v) is 6.41. The Bertz CT molecular complexity index is 518. The molecule has 5 heteroatoms. The van der Waals surface area contributed by atoms with Crippen molar-refractivity contribution in [3.8, 4) is 0 Å². The Kier molecular flexibility index (Phi) is 5.67. The maximum absolute atomic E-state index is 12.7. The molecular weight excluding hydrogens is 286 g/mol. The van der Waals surface area contributed by atoms with Crippen molar-refractivity contribution in [3.63, 3.8) is 0 Å². The number of carbonyl (C=O) groups is 2. The average molecular weight is 307 g/mol. The van der Waals surface area contributed by atoms with Crippen molar-refractivity contribution in [3.05, 3.63) is 29.8 Å². The van der Waals surface area contributed by atoms with Gasteiger partial charge in [0.05, 0.1) is 11.5 Å². The normalized spacial score (nSPS) is 18.5. The first-order valence-electron chi connectivity index (χ1n) is 7.37. The molecule has 0 aliphatic carbocycles. The van der Waals surface area contributed by atoms with Gasteiger partial charge in [0.2, 0.25) is 0 Å². The molecule has 1 heterocycles. The molecular formula is C16H21NO3S. The third kappa shape index (κ3) is 4.00. The van der Waals surface area contributed by atoms with Crippen molar-refractivity contribution in [2.45, 2.75) is 31.1 Å². The largest absolute Gasteiger partial charge is 0.481 e. The van der Waals surface area contributed by atoms with Crippen molar-refractivity contribution < 1.29 is 14.7 Å². The molecule has 1 aliphatic heterocycles. The Morgan fingerprint density at radius 1 is 1.38 bits per heavy atom. The smallest absolute Gasteiger partial charge is 0.308 e. The van der Waals surface area contributed by atoms with Gasteiger partial charge in [0, 0.05) is 18.0 Å². The summed E-state index contributed by atoms with van der Waals surface area (Å²) >= 11 is 1.68. The monoisotopic (exact) mass is 307 g/mol. The zero-order valence-electron chi connectivity index (χ0n) is 12.2. The molecule has 0 spiro atoms. The van der Waals surface area contributed by atoms with Gasteiger partial charge in [0.15, 0.2) is 0 Å². The molecule has 0 radical (unpaired) electrons. The molecule has 1 saturated heterocycles. The fraction of sp³-hybridized carbons (Fsp3) is 0.500. The highest BCUT2D eigenvalue weighted by atomic mass is 32.2. The third-order valence-electron chi connectivity index (χ3n) is 3.64. The van der Waals surface area contributed by atoms with Gasteiger partial charge in [0.25, 0.3) is 5.91 Å². The first kappa shape index (κ1) is 15.9. The Morgan fingerprint density at radius 3 is 2.86 bits per heavy atom. The molecule has 1 amide bonds. The quantitative estimate of drug-likeness (QED) is 0.849. The Labute approximate surface area is 129 Å². The summed E-state index contributed by atoms with van der Waals surface area (Å²) in [5.41, 5.74) is 0.696. The van der Waals surface area contributed by atoms with Crippen LogP contribution < -0.4 is 0 Å². The Balaban J connectivity index is 2.14. The van der Waals surface area contributed by atoms with Crippen LogP contribution in [-0.4, -0.2) is 40.7 Å². The number of piperidine rings is 1. The minimum atomic E-state index is -0.804. The van der Waals surface area contributed by atoms with E-state index < -0.39 is 11.9 Å². The molecule has 1 aliphatic rings. The van der Waals surface area contributed by atoms with E-state index in [0.717, 1.165) is 23.5 Å². The topological polar surface area (TPSA) is 57.6 Å². The number of nitrogens with zero attached hydrogens (tertiary/aromatic N) is 1. The number of aliphatic carboxylic acids is 1. The molecule has 2 rings (SSSR count). The second-order valence-electron chi connectivity index (χ2n) is 5.27. The van der Waals surface area contributed by atoms with Crippen molar-refractivity contribution in [1.29, 1.82) is 0 Å². The van der Waals surface area contributed by atoms with Gasteiger partial charge in [-0.05, 0) is 37.1 Å². The number of rotatable bonds is 5. The van der Waals surface area contributed by atoms with Gasteiger partial charge in [-0.3, -0.25) is 9.59 Å². The number of amides is 1. The van der Waals surface area contributed by atoms with Crippen LogP contribution in [0.25, 0.3) is 0 Å². The van der Waals surface area contributed by atoms with Crippen LogP contribution in [-0.2, 0) is 4.79 Å². The molecule has 0 unspecified atom stereocenters. The summed E-state index contributed by atoms with van der Waals surface area (Å²) in [7, 11) is 0. The van der Waals surface area contributed by atoms with E-state index in [1.807, 2.05) is 24.3 Å². The van der Waals surface area contributed by atoms with Gasteiger partial charge in [-0.2, -0.15) is 0 Å². The lowest BCUT2D eigenvalue weighted by Gasteiger charge is -2.31. The van der Waals surface area contributed by atoms with Crippen LogP contribution in [0.1, 0.15) is 36.5 Å². The fourth-order valence-corrected chi connectivity index (χ4v) is 3.42. The molecule has 0 aromatic heterocycles. The second kappa shape index (κ2) is 7.50. The highest BCUT2D eigenvalue weighted by molar-refractivity contribution is 7.99. The van der Waals surface area contributed by atoms with Gasteiger partial charge >= 0.3 is 5.97 Å². The lowest BCUT2D eigenvalue weighted by atomic mass is 9.97. The Morgan fingerprint density at radius 2 is 2.14 bits per heavy atom. The summed E-state index contributed by atoms with van der Waals surface area (Å²) < 4.78 is 0. The van der Waals surface area contributed by atoms with E-state index in [-0.39, 0.29) is 5.91 Å². The van der Waals surface area contributed by atoms with E-state index in [0.29, 0.717) is 25.1 Å².